The molecule has 0 aliphatic carbocycles. The van der Waals surface area contributed by atoms with Crippen LogP contribution in [0.3, 0.4) is 0 Å². The average Bonchev–Trinajstić information content (AvgIpc) is 2.78. The third-order valence-corrected chi connectivity index (χ3v) is 4.24. The number of nitrogen functional groups attached to an aromatic ring is 1. The molecule has 0 aliphatic rings. The number of carbonyl (C=O) groups is 2. The number of hydrogen-bond acceptors (Lipinski definition) is 5. The molecular formula is C14H24N4O2S. The van der Waals surface area contributed by atoms with Crippen LogP contribution in [0, 0.1) is 5.92 Å². The first-order valence-corrected chi connectivity index (χ1v) is 7.84. The maximum Gasteiger partial charge on any atom is 0.263 e. The van der Waals surface area contributed by atoms with E-state index in [0.29, 0.717) is 21.4 Å². The Labute approximate surface area is 129 Å². The summed E-state index contributed by atoms with van der Waals surface area (Å²) < 4.78 is 0. The Morgan fingerprint density at radius 3 is 2.33 bits per heavy atom. The summed E-state index contributed by atoms with van der Waals surface area (Å²) in [7, 11) is 3.08. The summed E-state index contributed by atoms with van der Waals surface area (Å²) in [6.07, 6.45) is 2.10. The number of nitrogens with two attached hydrogens (primary N) is 1. The number of anilines is 2. The minimum Gasteiger partial charge on any atom is -0.397 e. The summed E-state index contributed by atoms with van der Waals surface area (Å²) in [5, 5.41) is 8.96. The molecule has 0 spiro atoms. The Hall–Kier alpha value is -1.76. The zero-order chi connectivity index (χ0) is 16.0. The summed E-state index contributed by atoms with van der Waals surface area (Å²) in [6, 6.07) is 0. The van der Waals surface area contributed by atoms with E-state index in [4.69, 9.17) is 5.73 Å². The molecule has 6 nitrogen and oxygen atoms in total. The van der Waals surface area contributed by atoms with Crippen LogP contribution in [0.25, 0.3) is 0 Å². The second-order valence-corrected chi connectivity index (χ2v) is 6.19. The fourth-order valence-corrected chi connectivity index (χ4v) is 3.00. The molecular weight excluding hydrogens is 288 g/mol. The van der Waals surface area contributed by atoms with Gasteiger partial charge in [0.15, 0.2) is 0 Å². The van der Waals surface area contributed by atoms with Gasteiger partial charge in [-0.15, -0.1) is 11.3 Å². The third-order valence-electron chi connectivity index (χ3n) is 3.08. The summed E-state index contributed by atoms with van der Waals surface area (Å²) in [5.41, 5.74) is 6.54. The van der Waals surface area contributed by atoms with Gasteiger partial charge in [-0.25, -0.2) is 0 Å². The molecule has 0 aromatic carbocycles. The predicted octanol–water partition coefficient (Wildman–Crippen LogP) is 1.90. The van der Waals surface area contributed by atoms with Crippen molar-refractivity contribution in [1.82, 2.24) is 10.6 Å². The van der Waals surface area contributed by atoms with E-state index in [1.165, 1.54) is 18.4 Å². The van der Waals surface area contributed by atoms with Gasteiger partial charge in [-0.1, -0.05) is 13.8 Å². The molecule has 0 saturated carbocycles. The highest BCUT2D eigenvalue weighted by Gasteiger charge is 2.24. The topological polar surface area (TPSA) is 96.2 Å². The molecule has 0 bridgehead atoms. The van der Waals surface area contributed by atoms with Gasteiger partial charge < -0.3 is 21.7 Å². The molecule has 0 aliphatic heterocycles. The maximum atomic E-state index is 12.0. The fourth-order valence-electron chi connectivity index (χ4n) is 1.91. The van der Waals surface area contributed by atoms with Gasteiger partial charge in [0, 0.05) is 20.6 Å². The standard InChI is InChI=1S/C14H24N4O2S/c1-8(2)6-5-7-18-14-9(12(19)16-3)10(15)11(21-14)13(20)17-4/h8,18H,5-7,15H2,1-4H3,(H,16,19)(H,17,20). The second kappa shape index (κ2) is 7.87. The normalized spacial score (nSPS) is 10.5. The van der Waals surface area contributed by atoms with Crippen molar-refractivity contribution >= 4 is 33.8 Å². The summed E-state index contributed by atoms with van der Waals surface area (Å²) in [4.78, 5) is 24.1. The first-order chi connectivity index (χ1) is 9.92. The SMILES string of the molecule is CNC(=O)c1sc(NCCCC(C)C)c(C(=O)NC)c1N. The van der Waals surface area contributed by atoms with Gasteiger partial charge in [-0.05, 0) is 18.8 Å². The van der Waals surface area contributed by atoms with E-state index < -0.39 is 0 Å². The van der Waals surface area contributed by atoms with E-state index in [1.54, 1.807) is 7.05 Å². The molecule has 2 amide bonds. The monoisotopic (exact) mass is 312 g/mol. The van der Waals surface area contributed by atoms with E-state index >= 15 is 0 Å². The molecule has 1 heterocycles. The molecule has 0 radical (unpaired) electrons. The second-order valence-electron chi connectivity index (χ2n) is 5.17. The first kappa shape index (κ1) is 17.3. The molecule has 1 aromatic rings. The number of amides is 2. The Morgan fingerprint density at radius 2 is 1.81 bits per heavy atom. The summed E-state index contributed by atoms with van der Waals surface area (Å²) >= 11 is 1.21. The molecule has 21 heavy (non-hydrogen) atoms. The lowest BCUT2D eigenvalue weighted by atomic mass is 10.1. The Morgan fingerprint density at radius 1 is 1.19 bits per heavy atom. The fraction of sp³-hybridized carbons (Fsp3) is 0.571. The lowest BCUT2D eigenvalue weighted by Gasteiger charge is -2.08. The molecule has 1 aromatic heterocycles. The molecule has 0 fully saturated rings. The Bertz CT molecular complexity index is 511. The lowest BCUT2D eigenvalue weighted by Crippen LogP contribution is -2.21. The predicted molar refractivity (Wildman–Crippen MR) is 88.1 cm³/mol. The van der Waals surface area contributed by atoms with Gasteiger partial charge in [0.05, 0.1) is 11.3 Å². The molecule has 0 atom stereocenters. The largest absolute Gasteiger partial charge is 0.397 e. The third kappa shape index (κ3) is 4.35. The van der Waals surface area contributed by atoms with E-state index in [-0.39, 0.29) is 17.5 Å². The van der Waals surface area contributed by atoms with Gasteiger partial charge >= 0.3 is 0 Å². The number of carbonyl (C=O) groups excluding carboxylic acids is 2. The highest BCUT2D eigenvalue weighted by molar-refractivity contribution is 7.19. The van der Waals surface area contributed by atoms with Crippen LogP contribution in [-0.2, 0) is 0 Å². The maximum absolute atomic E-state index is 12.0. The number of rotatable bonds is 7. The summed E-state index contributed by atoms with van der Waals surface area (Å²) in [5.74, 6) is 0.0724. The van der Waals surface area contributed by atoms with Crippen LogP contribution in [0.2, 0.25) is 0 Å². The van der Waals surface area contributed by atoms with Crippen molar-refractivity contribution in [2.45, 2.75) is 26.7 Å². The first-order valence-electron chi connectivity index (χ1n) is 7.02. The van der Waals surface area contributed by atoms with Gasteiger partial charge in [0.25, 0.3) is 11.8 Å². The molecule has 0 saturated heterocycles. The van der Waals surface area contributed by atoms with Crippen molar-refractivity contribution in [1.29, 1.82) is 0 Å². The van der Waals surface area contributed by atoms with Crippen molar-refractivity contribution in [2.75, 3.05) is 31.7 Å². The van der Waals surface area contributed by atoms with Crippen molar-refractivity contribution in [3.63, 3.8) is 0 Å². The van der Waals surface area contributed by atoms with Crippen LogP contribution in [0.5, 0.6) is 0 Å². The molecule has 118 valence electrons. The van der Waals surface area contributed by atoms with Crippen molar-refractivity contribution in [3.8, 4) is 0 Å². The molecule has 5 N–H and O–H groups in total. The van der Waals surface area contributed by atoms with E-state index in [2.05, 4.69) is 29.8 Å². The minimum absolute atomic E-state index is 0.227. The van der Waals surface area contributed by atoms with Crippen molar-refractivity contribution in [3.05, 3.63) is 10.4 Å². The Balaban J connectivity index is 2.95. The number of nitrogens with one attached hydrogen (secondary N) is 3. The van der Waals surface area contributed by atoms with Crippen LogP contribution in [0.1, 0.15) is 46.7 Å². The molecule has 7 heteroatoms. The number of hydrogen-bond donors (Lipinski definition) is 4. The minimum atomic E-state index is -0.287. The average molecular weight is 312 g/mol. The van der Waals surface area contributed by atoms with Crippen LogP contribution < -0.4 is 21.7 Å². The van der Waals surface area contributed by atoms with Gasteiger partial charge in [-0.3, -0.25) is 9.59 Å². The van der Waals surface area contributed by atoms with Crippen LogP contribution in [0.4, 0.5) is 10.7 Å². The summed E-state index contributed by atoms with van der Waals surface area (Å²) in [6.45, 7) is 5.08. The molecule has 1 rings (SSSR count). The van der Waals surface area contributed by atoms with Crippen LogP contribution >= 0.6 is 11.3 Å². The van der Waals surface area contributed by atoms with E-state index in [0.717, 1.165) is 19.4 Å². The molecule has 0 unspecified atom stereocenters. The lowest BCUT2D eigenvalue weighted by molar-refractivity contribution is 0.0963. The quantitative estimate of drug-likeness (QED) is 0.578. The highest BCUT2D eigenvalue weighted by Crippen LogP contribution is 2.35. The highest BCUT2D eigenvalue weighted by atomic mass is 32.1. The van der Waals surface area contributed by atoms with Crippen LogP contribution in [0.15, 0.2) is 0 Å². The van der Waals surface area contributed by atoms with Crippen LogP contribution in [-0.4, -0.2) is 32.5 Å². The smallest absolute Gasteiger partial charge is 0.263 e. The zero-order valence-corrected chi connectivity index (χ0v) is 13.8. The van der Waals surface area contributed by atoms with Gasteiger partial charge in [-0.2, -0.15) is 0 Å². The van der Waals surface area contributed by atoms with Crippen molar-refractivity contribution < 1.29 is 9.59 Å². The van der Waals surface area contributed by atoms with E-state index in [9.17, 15) is 9.59 Å². The van der Waals surface area contributed by atoms with E-state index in [1.807, 2.05) is 0 Å². The Kier molecular flexibility index (Phi) is 6.48. The van der Waals surface area contributed by atoms with Crippen molar-refractivity contribution in [2.24, 2.45) is 5.92 Å². The van der Waals surface area contributed by atoms with Gasteiger partial charge in [0.1, 0.15) is 9.88 Å². The van der Waals surface area contributed by atoms with Gasteiger partial charge in [0.2, 0.25) is 0 Å². The zero-order valence-electron chi connectivity index (χ0n) is 13.0. The number of thiophene rings is 1.